The number of esters is 2. The highest BCUT2D eigenvalue weighted by atomic mass is 32.1. The van der Waals surface area contributed by atoms with Crippen LogP contribution in [0, 0.1) is 0 Å². The lowest BCUT2D eigenvalue weighted by atomic mass is 10.1. The molecule has 0 bridgehead atoms. The molecule has 12 heteroatoms. The lowest BCUT2D eigenvalue weighted by Crippen LogP contribution is -2.48. The molecule has 186 valence electrons. The molecule has 0 radical (unpaired) electrons. The number of thiazole rings is 1. The number of carbonyl (C=O) groups excluding carboxylic acids is 3. The Hall–Kier alpha value is -3.67. The number of nitrogens with one attached hydrogen (secondary N) is 2. The second-order valence-corrected chi connectivity index (χ2v) is 8.23. The highest BCUT2D eigenvalue weighted by Gasteiger charge is 2.32. The van der Waals surface area contributed by atoms with Gasteiger partial charge < -0.3 is 20.1 Å². The van der Waals surface area contributed by atoms with E-state index in [1.54, 1.807) is 38.1 Å². The molecule has 0 aliphatic carbocycles. The number of halogens is 3. The monoisotopic (exact) mass is 509 g/mol. The lowest BCUT2D eigenvalue weighted by Gasteiger charge is -2.16. The fourth-order valence-corrected chi connectivity index (χ4v) is 3.97. The van der Waals surface area contributed by atoms with Crippen LogP contribution in [0.1, 0.15) is 25.0 Å². The van der Waals surface area contributed by atoms with E-state index in [2.05, 4.69) is 15.6 Å². The smallest absolute Gasteiger partial charge is 0.416 e. The molecule has 0 aliphatic heterocycles. The van der Waals surface area contributed by atoms with E-state index < -0.39 is 35.6 Å². The van der Waals surface area contributed by atoms with Gasteiger partial charge in [0.1, 0.15) is 0 Å². The molecule has 0 unspecified atom stereocenters. The number of anilines is 2. The Morgan fingerprint density at radius 3 is 2.20 bits per heavy atom. The number of benzene rings is 2. The molecule has 35 heavy (non-hydrogen) atoms. The number of hydrogen-bond acceptors (Lipinski definition) is 8. The fraction of sp³-hybridized carbons (Fsp3) is 0.304. The average molecular weight is 510 g/mol. The summed E-state index contributed by atoms with van der Waals surface area (Å²) in [4.78, 5) is 40.7. The number of hydrogen-bond donors (Lipinski definition) is 2. The minimum Gasteiger partial charge on any atom is -0.464 e. The summed E-state index contributed by atoms with van der Waals surface area (Å²) < 4.78 is 48.8. The molecule has 1 amide bonds. The van der Waals surface area contributed by atoms with Crippen LogP contribution >= 0.6 is 11.3 Å². The van der Waals surface area contributed by atoms with Crippen LogP contribution < -0.4 is 10.6 Å². The molecule has 0 spiro atoms. The number of amides is 1. The maximum absolute atomic E-state index is 12.9. The van der Waals surface area contributed by atoms with E-state index in [1.807, 2.05) is 0 Å². The topological polar surface area (TPSA) is 107 Å². The predicted molar refractivity (Wildman–Crippen MR) is 123 cm³/mol. The average Bonchev–Trinajstić information content (AvgIpc) is 3.20. The zero-order valence-electron chi connectivity index (χ0n) is 18.8. The molecule has 8 nitrogen and oxygen atoms in total. The second kappa shape index (κ2) is 11.2. The normalized spacial score (nSPS) is 11.4. The van der Waals surface area contributed by atoms with Crippen molar-refractivity contribution in [2.24, 2.45) is 0 Å². The first kappa shape index (κ1) is 25.9. The van der Waals surface area contributed by atoms with Crippen molar-refractivity contribution in [2.75, 3.05) is 18.5 Å². The van der Waals surface area contributed by atoms with E-state index in [-0.39, 0.29) is 19.6 Å². The third-order valence-electron chi connectivity index (χ3n) is 4.64. The Labute approximate surface area is 202 Å². The molecular weight excluding hydrogens is 487 g/mol. The third kappa shape index (κ3) is 6.92. The number of fused-ring (bicyclic) bond motifs is 1. The number of aromatic nitrogens is 1. The van der Waals surface area contributed by atoms with Crippen LogP contribution in [0.4, 0.5) is 24.0 Å². The van der Waals surface area contributed by atoms with Crippen LogP contribution in [0.2, 0.25) is 0 Å². The van der Waals surface area contributed by atoms with Gasteiger partial charge in [0.2, 0.25) is 11.9 Å². The van der Waals surface area contributed by atoms with Gasteiger partial charge in [-0.15, -0.1) is 0 Å². The summed E-state index contributed by atoms with van der Waals surface area (Å²) in [5.41, 5.74) is 0.909. The molecule has 0 atom stereocenters. The summed E-state index contributed by atoms with van der Waals surface area (Å²) in [5, 5.41) is 5.77. The van der Waals surface area contributed by atoms with Crippen molar-refractivity contribution in [3.63, 3.8) is 0 Å². The number of carbonyl (C=O) groups is 3. The summed E-state index contributed by atoms with van der Waals surface area (Å²) in [6.45, 7) is 3.23. The Kier molecular flexibility index (Phi) is 8.28. The second-order valence-electron chi connectivity index (χ2n) is 7.20. The molecule has 0 aliphatic rings. The summed E-state index contributed by atoms with van der Waals surface area (Å²) in [7, 11) is 0. The van der Waals surface area contributed by atoms with Gasteiger partial charge in [-0.3, -0.25) is 4.79 Å². The highest BCUT2D eigenvalue weighted by molar-refractivity contribution is 7.22. The first-order valence-corrected chi connectivity index (χ1v) is 11.4. The van der Waals surface area contributed by atoms with Crippen molar-refractivity contribution < 1.29 is 37.0 Å². The minimum absolute atomic E-state index is 0.0389. The molecule has 2 aromatic carbocycles. The molecule has 1 aromatic heterocycles. The standard InChI is InChI=1S/C23H22F3N3O5S/c1-3-33-20(31)19(21(32)34-4-2)29-18(30)11-13-5-8-15(9-6-13)27-22-28-16-10-7-14(23(24,25)26)12-17(16)35-22/h5-10,12,19H,3-4,11H2,1-2H3,(H,27,28)(H,29,30). The zero-order chi connectivity index (χ0) is 25.6. The van der Waals surface area contributed by atoms with E-state index in [1.165, 1.54) is 6.07 Å². The molecular formula is C23H22F3N3O5S. The quantitative estimate of drug-likeness (QED) is 0.329. The van der Waals surface area contributed by atoms with Gasteiger partial charge in [-0.25, -0.2) is 14.6 Å². The Morgan fingerprint density at radius 1 is 1.00 bits per heavy atom. The van der Waals surface area contributed by atoms with Crippen LogP contribution in [0.25, 0.3) is 10.2 Å². The summed E-state index contributed by atoms with van der Waals surface area (Å²) >= 11 is 1.08. The molecule has 3 rings (SSSR count). The predicted octanol–water partition coefficient (Wildman–Crippen LogP) is 4.21. The summed E-state index contributed by atoms with van der Waals surface area (Å²) in [5.74, 6) is -2.39. The number of alkyl halides is 3. The van der Waals surface area contributed by atoms with E-state index in [0.717, 1.165) is 23.5 Å². The van der Waals surface area contributed by atoms with Crippen LogP contribution in [-0.2, 0) is 36.5 Å². The van der Waals surface area contributed by atoms with Crippen molar-refractivity contribution in [2.45, 2.75) is 32.5 Å². The minimum atomic E-state index is -4.43. The molecule has 1 heterocycles. The highest BCUT2D eigenvalue weighted by Crippen LogP contribution is 2.35. The maximum atomic E-state index is 12.9. The van der Waals surface area contributed by atoms with Gasteiger partial charge >= 0.3 is 18.1 Å². The van der Waals surface area contributed by atoms with Gasteiger partial charge in [0, 0.05) is 5.69 Å². The summed E-state index contributed by atoms with van der Waals surface area (Å²) in [6.07, 6.45) is -4.54. The Bertz CT molecular complexity index is 1190. The lowest BCUT2D eigenvalue weighted by molar-refractivity contribution is -0.159. The fourth-order valence-electron chi connectivity index (χ4n) is 3.05. The Morgan fingerprint density at radius 2 is 1.63 bits per heavy atom. The number of rotatable bonds is 9. The van der Waals surface area contributed by atoms with E-state index in [9.17, 15) is 27.6 Å². The first-order valence-electron chi connectivity index (χ1n) is 10.6. The van der Waals surface area contributed by atoms with Crippen molar-refractivity contribution in [3.8, 4) is 0 Å². The van der Waals surface area contributed by atoms with Crippen LogP contribution in [0.3, 0.4) is 0 Å². The number of ether oxygens (including phenoxy) is 2. The molecule has 2 N–H and O–H groups in total. The van der Waals surface area contributed by atoms with Crippen molar-refractivity contribution >= 4 is 50.2 Å². The zero-order valence-corrected chi connectivity index (χ0v) is 19.6. The molecule has 0 saturated carbocycles. The Balaban J connectivity index is 1.63. The van der Waals surface area contributed by atoms with Gasteiger partial charge in [0.15, 0.2) is 5.13 Å². The summed E-state index contributed by atoms with van der Waals surface area (Å²) in [6, 6.07) is 8.46. The van der Waals surface area contributed by atoms with Crippen molar-refractivity contribution in [1.29, 1.82) is 0 Å². The van der Waals surface area contributed by atoms with Gasteiger partial charge in [0.05, 0.1) is 35.4 Å². The van der Waals surface area contributed by atoms with E-state index in [4.69, 9.17) is 9.47 Å². The third-order valence-corrected chi connectivity index (χ3v) is 5.57. The molecule has 0 fully saturated rings. The number of nitrogens with zero attached hydrogens (tertiary/aromatic N) is 1. The van der Waals surface area contributed by atoms with Crippen molar-refractivity contribution in [3.05, 3.63) is 53.6 Å². The van der Waals surface area contributed by atoms with Crippen LogP contribution in [0.5, 0.6) is 0 Å². The van der Waals surface area contributed by atoms with Crippen LogP contribution in [-0.4, -0.2) is 42.1 Å². The van der Waals surface area contributed by atoms with E-state index >= 15 is 0 Å². The van der Waals surface area contributed by atoms with Gasteiger partial charge in [-0.2, -0.15) is 13.2 Å². The largest absolute Gasteiger partial charge is 0.464 e. The molecule has 3 aromatic rings. The van der Waals surface area contributed by atoms with Gasteiger partial charge in [-0.05, 0) is 49.7 Å². The van der Waals surface area contributed by atoms with Gasteiger partial charge in [-0.1, -0.05) is 23.5 Å². The van der Waals surface area contributed by atoms with Crippen molar-refractivity contribution in [1.82, 2.24) is 10.3 Å². The van der Waals surface area contributed by atoms with Crippen LogP contribution in [0.15, 0.2) is 42.5 Å². The first-order chi connectivity index (χ1) is 16.6. The SMILES string of the molecule is CCOC(=O)C(NC(=O)Cc1ccc(Nc2nc3ccc(C(F)(F)F)cc3s2)cc1)C(=O)OCC. The van der Waals surface area contributed by atoms with E-state index in [0.29, 0.717) is 26.6 Å². The maximum Gasteiger partial charge on any atom is 0.416 e. The van der Waals surface area contributed by atoms with Gasteiger partial charge in [0.25, 0.3) is 0 Å². The molecule has 0 saturated heterocycles.